The van der Waals surface area contributed by atoms with Crippen molar-refractivity contribution in [3.63, 3.8) is 0 Å². The number of ether oxygens (including phenoxy) is 2. The molecular formula is C37H44N2O6S. The lowest BCUT2D eigenvalue weighted by atomic mass is 9.48. The minimum absolute atomic E-state index is 0.0822. The van der Waals surface area contributed by atoms with Crippen molar-refractivity contribution in [2.45, 2.75) is 87.8 Å². The molecule has 3 aromatic rings. The normalized spacial score (nSPS) is 28.2. The second kappa shape index (κ2) is 11.8. The largest absolute Gasteiger partial charge is 0.483 e. The van der Waals surface area contributed by atoms with E-state index in [1.165, 1.54) is 12.5 Å². The maximum Gasteiger partial charge on any atom is 0.308 e. The van der Waals surface area contributed by atoms with Crippen LogP contribution in [0.3, 0.4) is 0 Å². The zero-order valence-corrected chi connectivity index (χ0v) is 27.7. The molecule has 0 radical (unpaired) electrons. The predicted octanol–water partition coefficient (Wildman–Crippen LogP) is 4.87. The zero-order chi connectivity index (χ0) is 32.3. The van der Waals surface area contributed by atoms with Crippen molar-refractivity contribution in [1.29, 1.82) is 0 Å². The first-order valence-corrected chi connectivity index (χ1v) is 18.2. The Morgan fingerprint density at radius 1 is 1.04 bits per heavy atom. The fourth-order valence-electron chi connectivity index (χ4n) is 8.99. The fraction of sp³-hybridized carbons (Fsp3) is 0.486. The van der Waals surface area contributed by atoms with E-state index in [2.05, 4.69) is 29.2 Å². The summed E-state index contributed by atoms with van der Waals surface area (Å²) in [5, 5.41) is 13.1. The minimum atomic E-state index is -3.76. The Bertz CT molecular complexity index is 1710. The molecule has 2 heterocycles. The number of benzene rings is 3. The summed E-state index contributed by atoms with van der Waals surface area (Å²) >= 11 is 0. The second-order valence-corrected chi connectivity index (χ2v) is 15.9. The first-order valence-electron chi connectivity index (χ1n) is 16.6. The molecule has 2 unspecified atom stereocenters. The number of piperidine rings is 1. The Balaban J connectivity index is 1.31. The molecule has 2 bridgehead atoms. The molecule has 1 saturated carbocycles. The number of sulfonamides is 1. The van der Waals surface area contributed by atoms with Gasteiger partial charge in [-0.3, -0.25) is 9.69 Å². The van der Waals surface area contributed by atoms with Crippen LogP contribution < -0.4 is 9.47 Å². The van der Waals surface area contributed by atoms with Gasteiger partial charge in [-0.25, -0.2) is 8.42 Å². The summed E-state index contributed by atoms with van der Waals surface area (Å²) in [6.45, 7) is 7.36. The van der Waals surface area contributed by atoms with Gasteiger partial charge in [0.2, 0.25) is 10.0 Å². The first kappa shape index (κ1) is 31.4. The average molecular weight is 645 g/mol. The molecule has 1 spiro atoms. The molecule has 1 saturated heterocycles. The molecule has 0 aromatic heterocycles. The molecule has 9 heteroatoms. The number of rotatable bonds is 10. The molecule has 0 amide bonds. The summed E-state index contributed by atoms with van der Waals surface area (Å²) in [6.07, 6.45) is 2.45. The summed E-state index contributed by atoms with van der Waals surface area (Å²) in [4.78, 5) is 14.6. The Morgan fingerprint density at radius 2 is 1.74 bits per heavy atom. The quantitative estimate of drug-likeness (QED) is 0.249. The molecule has 46 heavy (non-hydrogen) atoms. The Hall–Kier alpha value is -3.24. The summed E-state index contributed by atoms with van der Waals surface area (Å²) in [6, 6.07) is 22.9. The van der Waals surface area contributed by atoms with Crippen molar-refractivity contribution < 1.29 is 27.8 Å². The fourth-order valence-corrected chi connectivity index (χ4v) is 10.9. The monoisotopic (exact) mass is 644 g/mol. The Kier molecular flexibility index (Phi) is 8.03. The van der Waals surface area contributed by atoms with E-state index in [9.17, 15) is 18.3 Å². The van der Waals surface area contributed by atoms with Gasteiger partial charge in [-0.1, -0.05) is 80.6 Å². The van der Waals surface area contributed by atoms with Crippen LogP contribution in [0.25, 0.3) is 0 Å². The highest BCUT2D eigenvalue weighted by Gasteiger charge is 2.73. The molecule has 2 fully saturated rings. The number of carbonyl (C=O) groups is 1. The van der Waals surface area contributed by atoms with E-state index in [4.69, 9.17) is 9.47 Å². The number of nitrogens with zero attached hydrogens (tertiary/aromatic N) is 2. The van der Waals surface area contributed by atoms with Gasteiger partial charge in [0.25, 0.3) is 0 Å². The molecular weight excluding hydrogens is 600 g/mol. The van der Waals surface area contributed by atoms with E-state index >= 15 is 0 Å². The molecule has 8 nitrogen and oxygen atoms in total. The Labute approximate surface area is 272 Å². The summed E-state index contributed by atoms with van der Waals surface area (Å²) in [5.74, 6) is 0.357. The van der Waals surface area contributed by atoms with Crippen molar-refractivity contribution in [3.8, 4) is 11.5 Å². The van der Waals surface area contributed by atoms with Crippen LogP contribution in [0.2, 0.25) is 0 Å². The highest BCUT2D eigenvalue weighted by Crippen LogP contribution is 2.66. The second-order valence-electron chi connectivity index (χ2n) is 14.0. The van der Waals surface area contributed by atoms with Crippen LogP contribution in [-0.4, -0.2) is 72.1 Å². The third kappa shape index (κ3) is 5.07. The van der Waals surface area contributed by atoms with Gasteiger partial charge < -0.3 is 14.6 Å². The summed E-state index contributed by atoms with van der Waals surface area (Å²) < 4.78 is 42.9. The molecule has 5 atom stereocenters. The maximum atomic E-state index is 14.3. The molecule has 4 aliphatic rings. The summed E-state index contributed by atoms with van der Waals surface area (Å²) in [5.41, 5.74) is 2.02. The molecule has 1 N–H and O–H groups in total. The van der Waals surface area contributed by atoms with E-state index in [1.54, 1.807) is 10.4 Å². The van der Waals surface area contributed by atoms with Crippen molar-refractivity contribution in [2.24, 2.45) is 5.92 Å². The Morgan fingerprint density at radius 3 is 2.41 bits per heavy atom. The molecule has 7 rings (SSSR count). The van der Waals surface area contributed by atoms with Crippen LogP contribution in [0.1, 0.15) is 62.3 Å². The maximum absolute atomic E-state index is 14.3. The van der Waals surface area contributed by atoms with Gasteiger partial charge in [0.15, 0.2) is 11.5 Å². The van der Waals surface area contributed by atoms with Crippen LogP contribution in [0, 0.1) is 5.92 Å². The topological polar surface area (TPSA) is 96.4 Å². The lowest BCUT2D eigenvalue weighted by Gasteiger charge is -2.64. The van der Waals surface area contributed by atoms with Crippen molar-refractivity contribution >= 4 is 16.0 Å². The van der Waals surface area contributed by atoms with Gasteiger partial charge in [0.1, 0.15) is 6.10 Å². The zero-order valence-electron chi connectivity index (χ0n) is 26.9. The molecule has 2 aliphatic carbocycles. The van der Waals surface area contributed by atoms with Gasteiger partial charge in [-0.05, 0) is 67.3 Å². The predicted molar refractivity (Wildman–Crippen MR) is 176 cm³/mol. The van der Waals surface area contributed by atoms with Crippen LogP contribution in [0.5, 0.6) is 11.5 Å². The van der Waals surface area contributed by atoms with Crippen molar-refractivity contribution in [2.75, 3.05) is 19.6 Å². The average Bonchev–Trinajstić information content (AvgIpc) is 3.37. The third-order valence-corrected chi connectivity index (χ3v) is 12.6. The van der Waals surface area contributed by atoms with Crippen molar-refractivity contribution in [3.05, 3.63) is 95.1 Å². The number of aliphatic hydroxyl groups is 1. The number of likely N-dealkylation sites (tertiary alicyclic amines) is 1. The van der Waals surface area contributed by atoms with Gasteiger partial charge >= 0.3 is 5.97 Å². The van der Waals surface area contributed by atoms with E-state index in [0.717, 1.165) is 36.2 Å². The number of esters is 1. The summed E-state index contributed by atoms with van der Waals surface area (Å²) in [7, 11) is -3.76. The van der Waals surface area contributed by atoms with Crippen LogP contribution >= 0.6 is 0 Å². The molecule has 3 aromatic carbocycles. The number of hydrogen-bond donors (Lipinski definition) is 1. The highest BCUT2D eigenvalue weighted by molar-refractivity contribution is 7.88. The number of hydrogen-bond acceptors (Lipinski definition) is 7. The van der Waals surface area contributed by atoms with E-state index in [0.29, 0.717) is 43.7 Å². The minimum Gasteiger partial charge on any atom is -0.483 e. The van der Waals surface area contributed by atoms with Crippen molar-refractivity contribution in [1.82, 2.24) is 9.21 Å². The third-order valence-electron chi connectivity index (χ3n) is 10.8. The number of carbonyl (C=O) groups excluding carboxylic acids is 1. The molecule has 244 valence electrons. The lowest BCUT2D eigenvalue weighted by Crippen LogP contribution is -2.78. The van der Waals surface area contributed by atoms with Crippen LogP contribution in [0.4, 0.5) is 0 Å². The van der Waals surface area contributed by atoms with Crippen LogP contribution in [-0.2, 0) is 38.8 Å². The van der Waals surface area contributed by atoms with E-state index in [-0.39, 0.29) is 17.7 Å². The first-order chi connectivity index (χ1) is 22.0. The smallest absolute Gasteiger partial charge is 0.308 e. The van der Waals surface area contributed by atoms with Gasteiger partial charge in [0, 0.05) is 31.6 Å². The highest BCUT2D eigenvalue weighted by atomic mass is 32.2. The van der Waals surface area contributed by atoms with Gasteiger partial charge in [-0.15, -0.1) is 0 Å². The SMILES string of the molecule is CC(=O)Oc1ccc2c3c1OC1C(N(CC(C)C)S(=O)(=O)Cc4ccccc4)CC[C@@]4(O)[C@@H](C2)N(CCc2ccccc2)CC[C@]314. The lowest BCUT2D eigenvalue weighted by molar-refractivity contribution is -0.196. The van der Waals surface area contributed by atoms with Crippen LogP contribution in [0.15, 0.2) is 72.8 Å². The van der Waals surface area contributed by atoms with E-state index in [1.807, 2.05) is 56.3 Å². The van der Waals surface area contributed by atoms with Gasteiger partial charge in [-0.2, -0.15) is 4.31 Å². The standard InChI is InChI=1S/C37H44N2O6S/c1-25(2)23-39(46(42,43)24-28-12-8-5-9-13-28)30-16-18-37(41)32-22-29-14-15-31(44-26(3)40)34-33(29)36(37,35(30)45-34)19-21-38(32)20-17-27-10-6-4-7-11-27/h4-15,25,30,32,35,41H,16-24H2,1-3H3/t30?,32-,35?,36+,37-/m1/s1. The van der Waals surface area contributed by atoms with E-state index < -0.39 is 39.2 Å². The molecule has 2 aliphatic heterocycles. The van der Waals surface area contributed by atoms with Gasteiger partial charge in [0.05, 0.1) is 22.8 Å².